The number of nitrogens with zero attached hydrogens (tertiary/aromatic N) is 1. The van der Waals surface area contributed by atoms with E-state index in [0.29, 0.717) is 13.1 Å². The predicted molar refractivity (Wildman–Crippen MR) is 89.9 cm³/mol. The van der Waals surface area contributed by atoms with Crippen molar-refractivity contribution in [3.8, 4) is 0 Å². The minimum absolute atomic E-state index is 0.178. The molecule has 0 atom stereocenters. The molecule has 120 valence electrons. The molecular weight excluding hydrogens is 284 g/mol. The maximum atomic E-state index is 12.2. The summed E-state index contributed by atoms with van der Waals surface area (Å²) in [6.07, 6.45) is 0. The summed E-state index contributed by atoms with van der Waals surface area (Å²) in [4.78, 5) is 2.16. The Bertz CT molecular complexity index is 560. The molecule has 21 heavy (non-hydrogen) atoms. The maximum Gasteiger partial charge on any atom is 0.156 e. The van der Waals surface area contributed by atoms with E-state index in [1.54, 1.807) is 20.8 Å². The first-order chi connectivity index (χ1) is 9.53. The van der Waals surface area contributed by atoms with Gasteiger partial charge in [0, 0.05) is 24.8 Å². The lowest BCUT2D eigenvalue weighted by atomic mass is 10.1. The molecule has 0 heterocycles. The van der Waals surface area contributed by atoms with Gasteiger partial charge in [-0.1, -0.05) is 12.1 Å². The first-order valence-corrected chi connectivity index (χ1v) is 8.99. The molecule has 0 aliphatic rings. The van der Waals surface area contributed by atoms with Gasteiger partial charge in [0.2, 0.25) is 0 Å². The normalized spacial score (nSPS) is 13.1. The van der Waals surface area contributed by atoms with Crippen molar-refractivity contribution in [3.05, 3.63) is 29.8 Å². The lowest BCUT2D eigenvalue weighted by molar-refractivity contribution is 0.225. The van der Waals surface area contributed by atoms with Crippen molar-refractivity contribution in [2.45, 2.75) is 52.0 Å². The minimum Gasteiger partial charge on any atom is -0.399 e. The maximum absolute atomic E-state index is 12.2. The average Bonchev–Trinajstić information content (AvgIpc) is 2.32. The van der Waals surface area contributed by atoms with E-state index in [0.717, 1.165) is 11.3 Å². The van der Waals surface area contributed by atoms with E-state index in [2.05, 4.69) is 18.7 Å². The summed E-state index contributed by atoms with van der Waals surface area (Å²) >= 11 is 0. The first kappa shape index (κ1) is 18.0. The van der Waals surface area contributed by atoms with Crippen molar-refractivity contribution in [3.63, 3.8) is 0 Å². The molecule has 0 fully saturated rings. The number of hydrogen-bond acceptors (Lipinski definition) is 4. The molecule has 0 aliphatic heterocycles. The van der Waals surface area contributed by atoms with Crippen LogP contribution in [0.15, 0.2) is 24.3 Å². The van der Waals surface area contributed by atoms with Crippen LogP contribution in [0, 0.1) is 0 Å². The Labute approximate surface area is 129 Å². The van der Waals surface area contributed by atoms with Crippen molar-refractivity contribution < 1.29 is 8.42 Å². The zero-order valence-corrected chi connectivity index (χ0v) is 14.6. The second-order valence-corrected chi connectivity index (χ2v) is 9.60. The Hall–Kier alpha value is -1.07. The van der Waals surface area contributed by atoms with E-state index in [1.165, 1.54) is 0 Å². The van der Waals surface area contributed by atoms with Gasteiger partial charge < -0.3 is 5.73 Å². The second-order valence-electron chi connectivity index (χ2n) is 6.74. The summed E-state index contributed by atoms with van der Waals surface area (Å²) in [7, 11) is -3.09. The number of benzene rings is 1. The molecule has 0 aromatic heterocycles. The predicted octanol–water partition coefficient (Wildman–Crippen LogP) is 2.69. The van der Waals surface area contributed by atoms with Gasteiger partial charge in [-0.05, 0) is 52.3 Å². The van der Waals surface area contributed by atoms with Crippen LogP contribution in [0.1, 0.15) is 40.2 Å². The van der Waals surface area contributed by atoms with Crippen molar-refractivity contribution >= 4 is 15.5 Å². The molecule has 2 N–H and O–H groups in total. The monoisotopic (exact) mass is 312 g/mol. The standard InChI is InChI=1S/C16H28N2O2S/c1-13(2)18(9-10-21(19,20)16(3,4)5)12-14-7-6-8-15(17)11-14/h6-8,11,13H,9-10,12,17H2,1-5H3. The molecule has 1 rings (SSSR count). The van der Waals surface area contributed by atoms with Crippen LogP contribution in [0.3, 0.4) is 0 Å². The van der Waals surface area contributed by atoms with E-state index in [1.807, 2.05) is 24.3 Å². The molecule has 1 aromatic carbocycles. The van der Waals surface area contributed by atoms with Crippen LogP contribution in [-0.4, -0.2) is 36.4 Å². The van der Waals surface area contributed by atoms with Gasteiger partial charge in [0.25, 0.3) is 0 Å². The fraction of sp³-hybridized carbons (Fsp3) is 0.625. The summed E-state index contributed by atoms with van der Waals surface area (Å²) < 4.78 is 23.8. The van der Waals surface area contributed by atoms with Gasteiger partial charge in [0.1, 0.15) is 0 Å². The highest BCUT2D eigenvalue weighted by molar-refractivity contribution is 7.92. The van der Waals surface area contributed by atoms with Gasteiger partial charge >= 0.3 is 0 Å². The third-order valence-electron chi connectivity index (χ3n) is 3.65. The summed E-state index contributed by atoms with van der Waals surface area (Å²) in [6, 6.07) is 8.02. The van der Waals surface area contributed by atoms with Crippen LogP contribution in [0.25, 0.3) is 0 Å². The quantitative estimate of drug-likeness (QED) is 0.820. The number of hydrogen-bond donors (Lipinski definition) is 1. The van der Waals surface area contributed by atoms with E-state index < -0.39 is 14.6 Å². The summed E-state index contributed by atoms with van der Waals surface area (Å²) in [5.74, 6) is 0.178. The highest BCUT2D eigenvalue weighted by Crippen LogP contribution is 2.17. The van der Waals surface area contributed by atoms with Crippen LogP contribution in [0.5, 0.6) is 0 Å². The molecule has 0 bridgehead atoms. The van der Waals surface area contributed by atoms with E-state index in [-0.39, 0.29) is 11.8 Å². The highest BCUT2D eigenvalue weighted by Gasteiger charge is 2.29. The summed E-state index contributed by atoms with van der Waals surface area (Å²) in [5.41, 5.74) is 7.64. The van der Waals surface area contributed by atoms with Gasteiger partial charge in [0.05, 0.1) is 10.5 Å². The number of anilines is 1. The van der Waals surface area contributed by atoms with E-state index in [9.17, 15) is 8.42 Å². The molecule has 0 saturated carbocycles. The lowest BCUT2D eigenvalue weighted by Crippen LogP contribution is -2.39. The largest absolute Gasteiger partial charge is 0.399 e. The van der Waals surface area contributed by atoms with Gasteiger partial charge in [-0.15, -0.1) is 0 Å². The first-order valence-electron chi connectivity index (χ1n) is 7.34. The molecule has 0 amide bonds. The van der Waals surface area contributed by atoms with Crippen molar-refractivity contribution in [1.82, 2.24) is 4.90 Å². The van der Waals surface area contributed by atoms with Gasteiger partial charge in [-0.25, -0.2) is 8.42 Å². The third-order valence-corrected chi connectivity index (χ3v) is 6.23. The molecule has 0 aliphatic carbocycles. The fourth-order valence-electron chi connectivity index (χ4n) is 1.99. The van der Waals surface area contributed by atoms with Crippen LogP contribution < -0.4 is 5.73 Å². The molecule has 5 heteroatoms. The Morgan fingerprint density at radius 3 is 2.33 bits per heavy atom. The molecule has 0 unspecified atom stereocenters. The minimum atomic E-state index is -3.09. The van der Waals surface area contributed by atoms with Crippen LogP contribution in [0.2, 0.25) is 0 Å². The van der Waals surface area contributed by atoms with E-state index >= 15 is 0 Å². The van der Waals surface area contributed by atoms with E-state index in [4.69, 9.17) is 5.73 Å². The SMILES string of the molecule is CC(C)N(CCS(=O)(=O)C(C)(C)C)Cc1cccc(N)c1. The average molecular weight is 312 g/mol. The van der Waals surface area contributed by atoms with Crippen molar-refractivity contribution in [2.75, 3.05) is 18.0 Å². The number of sulfone groups is 1. The second kappa shape index (κ2) is 6.79. The van der Waals surface area contributed by atoms with Crippen molar-refractivity contribution in [1.29, 1.82) is 0 Å². The van der Waals surface area contributed by atoms with Gasteiger partial charge in [-0.2, -0.15) is 0 Å². The number of nitrogens with two attached hydrogens (primary N) is 1. The summed E-state index contributed by atoms with van der Waals surface area (Å²) in [6.45, 7) is 10.7. The zero-order chi connectivity index (χ0) is 16.3. The van der Waals surface area contributed by atoms with Crippen molar-refractivity contribution in [2.24, 2.45) is 0 Å². The lowest BCUT2D eigenvalue weighted by Gasteiger charge is -2.28. The topological polar surface area (TPSA) is 63.4 Å². The highest BCUT2D eigenvalue weighted by atomic mass is 32.2. The fourth-order valence-corrected chi connectivity index (χ4v) is 3.08. The Kier molecular flexibility index (Phi) is 5.82. The smallest absolute Gasteiger partial charge is 0.156 e. The Morgan fingerprint density at radius 1 is 1.24 bits per heavy atom. The molecule has 0 spiro atoms. The van der Waals surface area contributed by atoms with Crippen LogP contribution in [-0.2, 0) is 16.4 Å². The zero-order valence-electron chi connectivity index (χ0n) is 13.8. The molecule has 0 radical (unpaired) electrons. The number of nitrogen functional groups attached to an aromatic ring is 1. The molecular formula is C16H28N2O2S. The van der Waals surface area contributed by atoms with Crippen LogP contribution in [0.4, 0.5) is 5.69 Å². The number of rotatable bonds is 6. The Morgan fingerprint density at radius 2 is 1.86 bits per heavy atom. The molecule has 1 aromatic rings. The molecule has 4 nitrogen and oxygen atoms in total. The third kappa shape index (κ3) is 5.32. The molecule has 0 saturated heterocycles. The van der Waals surface area contributed by atoms with Gasteiger partial charge in [0.15, 0.2) is 9.84 Å². The summed E-state index contributed by atoms with van der Waals surface area (Å²) in [5, 5.41) is 0. The van der Waals surface area contributed by atoms with Crippen LogP contribution >= 0.6 is 0 Å². The van der Waals surface area contributed by atoms with Gasteiger partial charge in [-0.3, -0.25) is 4.90 Å². The Balaban J connectivity index is 2.76.